The van der Waals surface area contributed by atoms with Crippen LogP contribution in [0.15, 0.2) is 18.2 Å². The van der Waals surface area contributed by atoms with Crippen LogP contribution in [-0.2, 0) is 14.3 Å². The zero-order valence-corrected chi connectivity index (χ0v) is 15.6. The molecule has 138 valence electrons. The molecular weight excluding hydrogens is 344 g/mol. The zero-order valence-electron chi connectivity index (χ0n) is 14.9. The summed E-state index contributed by atoms with van der Waals surface area (Å²) in [5.41, 5.74) is 0.629. The lowest BCUT2D eigenvalue weighted by molar-refractivity contribution is -0.149. The van der Waals surface area contributed by atoms with Crippen molar-refractivity contribution in [2.24, 2.45) is 5.92 Å². The van der Waals surface area contributed by atoms with Gasteiger partial charge in [-0.1, -0.05) is 11.6 Å². The van der Waals surface area contributed by atoms with E-state index < -0.39 is 0 Å². The van der Waals surface area contributed by atoms with Crippen molar-refractivity contribution >= 4 is 29.2 Å². The highest BCUT2D eigenvalue weighted by molar-refractivity contribution is 6.32. The van der Waals surface area contributed by atoms with Crippen molar-refractivity contribution < 1.29 is 19.1 Å². The molecule has 1 aliphatic rings. The van der Waals surface area contributed by atoms with E-state index in [4.69, 9.17) is 21.1 Å². The average Bonchev–Trinajstić information content (AvgIpc) is 2.61. The van der Waals surface area contributed by atoms with Crippen LogP contribution in [0.5, 0.6) is 5.75 Å². The van der Waals surface area contributed by atoms with Crippen molar-refractivity contribution in [3.63, 3.8) is 0 Å². The number of methoxy groups -OCH3 is 1. The van der Waals surface area contributed by atoms with E-state index in [2.05, 4.69) is 10.2 Å². The maximum atomic E-state index is 12.5. The third kappa shape index (κ3) is 5.09. The minimum atomic E-state index is -0.288. The van der Waals surface area contributed by atoms with Crippen LogP contribution in [0.2, 0.25) is 5.02 Å². The Balaban J connectivity index is 1.88. The molecule has 1 unspecified atom stereocenters. The minimum absolute atomic E-state index is 0.0631. The van der Waals surface area contributed by atoms with Crippen LogP contribution >= 0.6 is 11.6 Å². The third-order valence-electron chi connectivity index (χ3n) is 4.50. The molecule has 6 nitrogen and oxygen atoms in total. The number of hydrogen-bond donors (Lipinski definition) is 1. The summed E-state index contributed by atoms with van der Waals surface area (Å²) in [6.45, 7) is 5.47. The highest BCUT2D eigenvalue weighted by Gasteiger charge is 2.30. The highest BCUT2D eigenvalue weighted by atomic mass is 35.5. The lowest BCUT2D eigenvalue weighted by Crippen LogP contribution is -2.47. The molecule has 1 aromatic carbocycles. The Labute approximate surface area is 153 Å². The number of anilines is 1. The van der Waals surface area contributed by atoms with Gasteiger partial charge in [-0.15, -0.1) is 0 Å². The summed E-state index contributed by atoms with van der Waals surface area (Å²) in [6.07, 6.45) is 1.43. The molecule has 25 heavy (non-hydrogen) atoms. The average molecular weight is 369 g/mol. The van der Waals surface area contributed by atoms with Gasteiger partial charge in [0.05, 0.1) is 30.7 Å². The van der Waals surface area contributed by atoms with Crippen LogP contribution in [-0.4, -0.2) is 49.6 Å². The predicted molar refractivity (Wildman–Crippen MR) is 97.0 cm³/mol. The van der Waals surface area contributed by atoms with Crippen LogP contribution in [0, 0.1) is 5.92 Å². The monoisotopic (exact) mass is 368 g/mol. The number of esters is 1. The molecule has 1 N–H and O–H groups in total. The first-order valence-electron chi connectivity index (χ1n) is 8.51. The van der Waals surface area contributed by atoms with E-state index in [1.165, 1.54) is 0 Å². The van der Waals surface area contributed by atoms with E-state index in [1.54, 1.807) is 25.3 Å². The number of carbonyl (C=O) groups excluding carboxylic acids is 2. The van der Waals surface area contributed by atoms with Crippen molar-refractivity contribution in [1.29, 1.82) is 0 Å². The second kappa shape index (κ2) is 9.06. The molecule has 0 bridgehead atoms. The Morgan fingerprint density at radius 3 is 2.60 bits per heavy atom. The normalized spacial score (nSPS) is 17.0. The van der Waals surface area contributed by atoms with Crippen molar-refractivity contribution in [1.82, 2.24) is 4.90 Å². The Bertz CT molecular complexity index is 615. The van der Waals surface area contributed by atoms with E-state index in [0.717, 1.165) is 0 Å². The number of ether oxygens (including phenoxy) is 2. The van der Waals surface area contributed by atoms with Crippen LogP contribution in [0.25, 0.3) is 0 Å². The fraction of sp³-hybridized carbons (Fsp3) is 0.556. The molecule has 0 spiro atoms. The fourth-order valence-corrected chi connectivity index (χ4v) is 3.20. The first-order chi connectivity index (χ1) is 12.0. The number of rotatable bonds is 6. The van der Waals surface area contributed by atoms with Crippen molar-refractivity contribution in [2.75, 3.05) is 32.1 Å². The van der Waals surface area contributed by atoms with Crippen LogP contribution in [0.1, 0.15) is 26.7 Å². The molecule has 0 radical (unpaired) electrons. The first-order valence-corrected chi connectivity index (χ1v) is 8.89. The number of nitrogens with zero attached hydrogens (tertiary/aromatic N) is 1. The third-order valence-corrected chi connectivity index (χ3v) is 4.79. The van der Waals surface area contributed by atoms with Crippen LogP contribution in [0.3, 0.4) is 0 Å². The van der Waals surface area contributed by atoms with Gasteiger partial charge in [0.1, 0.15) is 5.75 Å². The largest absolute Gasteiger partial charge is 0.495 e. The summed E-state index contributed by atoms with van der Waals surface area (Å²) in [6, 6.07) is 4.84. The van der Waals surface area contributed by atoms with Crippen LogP contribution in [0.4, 0.5) is 5.69 Å². The number of piperidine rings is 1. The van der Waals surface area contributed by atoms with Gasteiger partial charge in [-0.05, 0) is 58.0 Å². The summed E-state index contributed by atoms with van der Waals surface area (Å²) in [5.74, 6) is 0.267. The molecule has 0 saturated carbocycles. The van der Waals surface area contributed by atoms with E-state index in [9.17, 15) is 9.59 Å². The van der Waals surface area contributed by atoms with Gasteiger partial charge >= 0.3 is 5.97 Å². The van der Waals surface area contributed by atoms with Gasteiger partial charge in [-0.25, -0.2) is 0 Å². The summed E-state index contributed by atoms with van der Waals surface area (Å²) in [7, 11) is 1.54. The van der Waals surface area contributed by atoms with Gasteiger partial charge < -0.3 is 14.8 Å². The summed E-state index contributed by atoms with van der Waals surface area (Å²) in [4.78, 5) is 26.3. The molecule has 1 amide bonds. The molecule has 1 aliphatic heterocycles. The van der Waals surface area contributed by atoms with Gasteiger partial charge in [-0.2, -0.15) is 0 Å². The van der Waals surface area contributed by atoms with E-state index >= 15 is 0 Å². The van der Waals surface area contributed by atoms with E-state index in [1.807, 2.05) is 13.8 Å². The SMILES string of the molecule is CCOC(=O)C1CCN(C(C)C(=O)Nc2ccc(OC)c(Cl)c2)CC1. The lowest BCUT2D eigenvalue weighted by Gasteiger charge is -2.34. The fourth-order valence-electron chi connectivity index (χ4n) is 2.94. The lowest BCUT2D eigenvalue weighted by atomic mass is 9.96. The number of halogens is 1. The molecule has 1 saturated heterocycles. The molecular formula is C18H25ClN2O4. The molecule has 2 rings (SSSR count). The summed E-state index contributed by atoms with van der Waals surface area (Å²) in [5, 5.41) is 3.32. The van der Waals surface area contributed by atoms with Crippen LogP contribution < -0.4 is 10.1 Å². The zero-order chi connectivity index (χ0) is 18.4. The van der Waals surface area contributed by atoms with Gasteiger partial charge in [-0.3, -0.25) is 14.5 Å². The molecule has 1 fully saturated rings. The van der Waals surface area contributed by atoms with E-state index in [0.29, 0.717) is 49.0 Å². The Morgan fingerprint density at radius 2 is 2.04 bits per heavy atom. The summed E-state index contributed by atoms with van der Waals surface area (Å²) < 4.78 is 10.2. The van der Waals surface area contributed by atoms with Gasteiger partial charge in [0.25, 0.3) is 0 Å². The van der Waals surface area contributed by atoms with Gasteiger partial charge in [0, 0.05) is 5.69 Å². The Kier molecular flexibility index (Phi) is 7.08. The predicted octanol–water partition coefficient (Wildman–Crippen LogP) is 2.95. The molecule has 1 heterocycles. The maximum absolute atomic E-state index is 12.5. The number of amides is 1. The number of benzene rings is 1. The first kappa shape index (κ1) is 19.5. The smallest absolute Gasteiger partial charge is 0.309 e. The Morgan fingerprint density at radius 1 is 1.36 bits per heavy atom. The van der Waals surface area contributed by atoms with E-state index in [-0.39, 0.29) is 23.8 Å². The van der Waals surface area contributed by atoms with Crippen molar-refractivity contribution in [3.05, 3.63) is 23.2 Å². The van der Waals surface area contributed by atoms with Crippen molar-refractivity contribution in [3.8, 4) is 5.75 Å². The quantitative estimate of drug-likeness (QED) is 0.782. The topological polar surface area (TPSA) is 67.9 Å². The molecule has 0 aromatic heterocycles. The summed E-state index contributed by atoms with van der Waals surface area (Å²) >= 11 is 6.08. The minimum Gasteiger partial charge on any atom is -0.495 e. The molecule has 7 heteroatoms. The number of hydrogen-bond acceptors (Lipinski definition) is 5. The molecule has 0 aliphatic carbocycles. The highest BCUT2D eigenvalue weighted by Crippen LogP contribution is 2.27. The number of carbonyl (C=O) groups is 2. The standard InChI is InChI=1S/C18H25ClN2O4/c1-4-25-18(23)13-7-9-21(10-8-13)12(2)17(22)20-14-5-6-16(24-3)15(19)11-14/h5-6,11-13H,4,7-10H2,1-3H3,(H,20,22). The maximum Gasteiger partial charge on any atom is 0.309 e. The second-order valence-corrected chi connectivity index (χ2v) is 6.48. The van der Waals surface area contributed by atoms with Gasteiger partial charge in [0.2, 0.25) is 5.91 Å². The molecule has 1 atom stereocenters. The Hall–Kier alpha value is -1.79. The number of likely N-dealkylation sites (tertiary alicyclic amines) is 1. The number of nitrogens with one attached hydrogen (secondary N) is 1. The van der Waals surface area contributed by atoms with Gasteiger partial charge in [0.15, 0.2) is 0 Å². The van der Waals surface area contributed by atoms with Crippen molar-refractivity contribution in [2.45, 2.75) is 32.7 Å². The second-order valence-electron chi connectivity index (χ2n) is 6.08. The molecule has 1 aromatic rings.